The topological polar surface area (TPSA) is 50.4 Å². The van der Waals surface area contributed by atoms with Crippen molar-refractivity contribution in [2.75, 3.05) is 17.7 Å². The molecule has 0 amide bonds. The van der Waals surface area contributed by atoms with Gasteiger partial charge in [0.1, 0.15) is 0 Å². The molecule has 2 saturated carbocycles. The van der Waals surface area contributed by atoms with E-state index in [4.69, 9.17) is 4.74 Å². The van der Waals surface area contributed by atoms with Crippen LogP contribution in [0.2, 0.25) is 0 Å². The van der Waals surface area contributed by atoms with Crippen LogP contribution >= 0.6 is 0 Å². The molecule has 0 unspecified atom stereocenters. The van der Waals surface area contributed by atoms with Gasteiger partial charge in [0, 0.05) is 12.1 Å². The van der Waals surface area contributed by atoms with Gasteiger partial charge in [-0.25, -0.2) is 4.79 Å². The third kappa shape index (κ3) is 3.54. The Labute approximate surface area is 132 Å². The summed E-state index contributed by atoms with van der Waals surface area (Å²) in [5.41, 5.74) is 2.77. The number of nitrogens with one attached hydrogen (secondary N) is 2. The van der Waals surface area contributed by atoms with E-state index in [9.17, 15) is 4.79 Å². The summed E-state index contributed by atoms with van der Waals surface area (Å²) < 4.78 is 4.85. The van der Waals surface area contributed by atoms with E-state index >= 15 is 0 Å². The van der Waals surface area contributed by atoms with Crippen LogP contribution in [0.5, 0.6) is 0 Å². The minimum absolute atomic E-state index is 0.276. The number of anilines is 2. The van der Waals surface area contributed by atoms with Crippen LogP contribution < -0.4 is 10.6 Å². The fraction of sp³-hybridized carbons (Fsp3) is 0.611. The van der Waals surface area contributed by atoms with Crippen LogP contribution in [0.15, 0.2) is 18.2 Å². The van der Waals surface area contributed by atoms with E-state index in [0.717, 1.165) is 11.4 Å². The normalized spacial score (nSPS) is 19.3. The number of rotatable bonds is 5. The van der Waals surface area contributed by atoms with Crippen LogP contribution in [-0.2, 0) is 4.74 Å². The summed E-state index contributed by atoms with van der Waals surface area (Å²) in [6.45, 7) is 0. The molecule has 0 spiro atoms. The highest BCUT2D eigenvalue weighted by molar-refractivity contribution is 5.92. The molecule has 120 valence electrons. The van der Waals surface area contributed by atoms with Crippen LogP contribution in [0.3, 0.4) is 0 Å². The Balaban J connectivity index is 1.80. The van der Waals surface area contributed by atoms with Crippen LogP contribution in [0, 0.1) is 0 Å². The number of esters is 1. The number of carbonyl (C=O) groups excluding carboxylic acids is 1. The number of methoxy groups -OCH3 is 1. The summed E-state index contributed by atoms with van der Waals surface area (Å²) in [6.07, 6.45) is 10.1. The van der Waals surface area contributed by atoms with Gasteiger partial charge in [0.15, 0.2) is 0 Å². The maximum absolute atomic E-state index is 11.8. The molecule has 1 aromatic carbocycles. The van der Waals surface area contributed by atoms with Gasteiger partial charge in [0.05, 0.1) is 24.0 Å². The molecule has 3 rings (SSSR count). The Bertz CT molecular complexity index is 518. The summed E-state index contributed by atoms with van der Waals surface area (Å²) in [4.78, 5) is 11.8. The predicted molar refractivity (Wildman–Crippen MR) is 89.5 cm³/mol. The molecular formula is C18H26N2O2. The lowest BCUT2D eigenvalue weighted by Crippen LogP contribution is -2.20. The molecule has 2 N–H and O–H groups in total. The Morgan fingerprint density at radius 2 is 1.50 bits per heavy atom. The first-order valence-corrected chi connectivity index (χ1v) is 8.51. The first-order valence-electron chi connectivity index (χ1n) is 8.51. The second-order valence-corrected chi connectivity index (χ2v) is 6.50. The first kappa shape index (κ1) is 15.2. The number of ether oxygens (including phenoxy) is 1. The molecule has 0 aromatic heterocycles. The molecule has 2 aliphatic rings. The van der Waals surface area contributed by atoms with Crippen LogP contribution in [0.25, 0.3) is 0 Å². The third-order valence-corrected chi connectivity index (χ3v) is 4.87. The standard InChI is InChI=1S/C18H26N2O2/c1-22-18(21)13-10-11-16(19-14-6-2-3-7-14)17(12-13)20-15-8-4-5-9-15/h10-12,14-15,19-20H,2-9H2,1H3. The van der Waals surface area contributed by atoms with Gasteiger partial charge in [0.25, 0.3) is 0 Å². The molecule has 2 fully saturated rings. The molecule has 0 saturated heterocycles. The summed E-state index contributed by atoms with van der Waals surface area (Å²) in [5.74, 6) is -0.276. The molecule has 0 heterocycles. The first-order chi connectivity index (χ1) is 10.8. The number of hydrogen-bond donors (Lipinski definition) is 2. The van der Waals surface area contributed by atoms with E-state index in [1.54, 1.807) is 0 Å². The van der Waals surface area contributed by atoms with Crippen molar-refractivity contribution in [3.63, 3.8) is 0 Å². The Hall–Kier alpha value is -1.71. The Kier molecular flexibility index (Phi) is 4.86. The molecule has 22 heavy (non-hydrogen) atoms. The molecule has 0 atom stereocenters. The number of benzene rings is 1. The molecule has 2 aliphatic carbocycles. The highest BCUT2D eigenvalue weighted by Crippen LogP contribution is 2.31. The van der Waals surface area contributed by atoms with E-state index in [1.807, 2.05) is 18.2 Å². The summed E-state index contributed by atoms with van der Waals surface area (Å²) >= 11 is 0. The quantitative estimate of drug-likeness (QED) is 0.801. The van der Waals surface area contributed by atoms with E-state index in [2.05, 4.69) is 10.6 Å². The zero-order valence-corrected chi connectivity index (χ0v) is 13.4. The van der Waals surface area contributed by atoms with Gasteiger partial charge in [-0.2, -0.15) is 0 Å². The molecule has 1 aromatic rings. The fourth-order valence-electron chi connectivity index (χ4n) is 3.61. The highest BCUT2D eigenvalue weighted by atomic mass is 16.5. The van der Waals surface area contributed by atoms with Crippen molar-refractivity contribution >= 4 is 17.3 Å². The monoisotopic (exact) mass is 302 g/mol. The lowest BCUT2D eigenvalue weighted by Gasteiger charge is -2.21. The van der Waals surface area contributed by atoms with Gasteiger partial charge in [0.2, 0.25) is 0 Å². The van der Waals surface area contributed by atoms with Crippen molar-refractivity contribution in [1.29, 1.82) is 0 Å². The van der Waals surface area contributed by atoms with Crippen molar-refractivity contribution in [2.45, 2.75) is 63.5 Å². The van der Waals surface area contributed by atoms with Gasteiger partial charge in [-0.15, -0.1) is 0 Å². The largest absolute Gasteiger partial charge is 0.465 e. The second kappa shape index (κ2) is 7.03. The summed E-state index contributed by atoms with van der Waals surface area (Å²) in [7, 11) is 1.43. The summed E-state index contributed by atoms with van der Waals surface area (Å²) in [6, 6.07) is 6.89. The SMILES string of the molecule is COC(=O)c1ccc(NC2CCCC2)c(NC2CCCC2)c1. The maximum Gasteiger partial charge on any atom is 0.337 e. The van der Waals surface area contributed by atoms with Crippen molar-refractivity contribution in [3.05, 3.63) is 23.8 Å². The second-order valence-electron chi connectivity index (χ2n) is 6.50. The highest BCUT2D eigenvalue weighted by Gasteiger charge is 2.20. The van der Waals surface area contributed by atoms with Gasteiger partial charge in [-0.1, -0.05) is 25.7 Å². The molecule has 0 bridgehead atoms. The van der Waals surface area contributed by atoms with Crippen molar-refractivity contribution < 1.29 is 9.53 Å². The average molecular weight is 302 g/mol. The van der Waals surface area contributed by atoms with Crippen LogP contribution in [-0.4, -0.2) is 25.2 Å². The van der Waals surface area contributed by atoms with Gasteiger partial charge in [-0.05, 0) is 43.9 Å². The Morgan fingerprint density at radius 1 is 0.955 bits per heavy atom. The average Bonchev–Trinajstić information content (AvgIpc) is 3.22. The molecule has 0 aliphatic heterocycles. The minimum atomic E-state index is -0.276. The van der Waals surface area contributed by atoms with E-state index in [-0.39, 0.29) is 5.97 Å². The zero-order chi connectivity index (χ0) is 15.4. The van der Waals surface area contributed by atoms with Gasteiger partial charge < -0.3 is 15.4 Å². The number of hydrogen-bond acceptors (Lipinski definition) is 4. The predicted octanol–water partition coefficient (Wildman–Crippen LogP) is 4.18. The smallest absolute Gasteiger partial charge is 0.337 e. The lowest BCUT2D eigenvalue weighted by atomic mass is 10.1. The third-order valence-electron chi connectivity index (χ3n) is 4.87. The maximum atomic E-state index is 11.8. The molecule has 4 nitrogen and oxygen atoms in total. The van der Waals surface area contributed by atoms with Crippen molar-refractivity contribution in [2.24, 2.45) is 0 Å². The van der Waals surface area contributed by atoms with Crippen molar-refractivity contribution in [1.82, 2.24) is 0 Å². The molecule has 0 radical (unpaired) electrons. The van der Waals surface area contributed by atoms with Gasteiger partial charge >= 0.3 is 5.97 Å². The van der Waals surface area contributed by atoms with E-state index in [0.29, 0.717) is 17.6 Å². The Morgan fingerprint density at radius 3 is 2.05 bits per heavy atom. The zero-order valence-electron chi connectivity index (χ0n) is 13.4. The fourth-order valence-corrected chi connectivity index (χ4v) is 3.61. The van der Waals surface area contributed by atoms with Crippen molar-refractivity contribution in [3.8, 4) is 0 Å². The van der Waals surface area contributed by atoms with E-state index in [1.165, 1.54) is 58.5 Å². The molecular weight excluding hydrogens is 276 g/mol. The minimum Gasteiger partial charge on any atom is -0.465 e. The van der Waals surface area contributed by atoms with E-state index < -0.39 is 0 Å². The van der Waals surface area contributed by atoms with Gasteiger partial charge in [-0.3, -0.25) is 0 Å². The van der Waals surface area contributed by atoms with Crippen LogP contribution in [0.4, 0.5) is 11.4 Å². The lowest BCUT2D eigenvalue weighted by molar-refractivity contribution is 0.0601. The molecule has 4 heteroatoms. The van der Waals surface area contributed by atoms with Crippen LogP contribution in [0.1, 0.15) is 61.7 Å². The summed E-state index contributed by atoms with van der Waals surface area (Å²) in [5, 5.41) is 7.29. The number of carbonyl (C=O) groups is 1.